The van der Waals surface area contributed by atoms with Crippen molar-refractivity contribution in [3.05, 3.63) is 41.6 Å². The molecule has 0 fully saturated rings. The minimum Gasteiger partial charge on any atom is -0.285 e. The third-order valence-corrected chi connectivity index (χ3v) is 2.62. The van der Waals surface area contributed by atoms with Gasteiger partial charge in [0.2, 0.25) is 0 Å². The van der Waals surface area contributed by atoms with E-state index < -0.39 is 0 Å². The Kier molecular flexibility index (Phi) is 2.58. The number of rotatable bonds is 2. The van der Waals surface area contributed by atoms with Gasteiger partial charge in [0.1, 0.15) is 0 Å². The Bertz CT molecular complexity index is 438. The van der Waals surface area contributed by atoms with Crippen LogP contribution in [0.2, 0.25) is 0 Å². The highest BCUT2D eigenvalue weighted by atomic mass is 15.1. The highest BCUT2D eigenvalue weighted by Gasteiger charge is 2.10. The molecule has 0 aliphatic rings. The Labute approximate surface area is 90.3 Å². The van der Waals surface area contributed by atoms with E-state index in [4.69, 9.17) is 0 Å². The average molecular weight is 200 g/mol. The van der Waals surface area contributed by atoms with E-state index in [0.717, 1.165) is 5.69 Å². The van der Waals surface area contributed by atoms with Gasteiger partial charge in [0, 0.05) is 17.3 Å². The molecule has 2 heteroatoms. The van der Waals surface area contributed by atoms with Crippen molar-refractivity contribution >= 4 is 0 Å². The van der Waals surface area contributed by atoms with Crippen LogP contribution in [0.15, 0.2) is 30.5 Å². The summed E-state index contributed by atoms with van der Waals surface area (Å²) in [7, 11) is 0. The number of benzene rings is 1. The van der Waals surface area contributed by atoms with Gasteiger partial charge in [0.05, 0.1) is 5.69 Å². The fourth-order valence-electron chi connectivity index (χ4n) is 1.68. The van der Waals surface area contributed by atoms with Crippen molar-refractivity contribution in [3.8, 4) is 11.3 Å². The molecule has 1 aromatic heterocycles. The molecule has 0 aliphatic carbocycles. The highest BCUT2D eigenvalue weighted by molar-refractivity contribution is 5.63. The molecule has 1 N–H and O–H groups in total. The van der Waals surface area contributed by atoms with Gasteiger partial charge in [-0.05, 0) is 12.8 Å². The summed E-state index contributed by atoms with van der Waals surface area (Å²) in [6, 6.07) is 8.48. The van der Waals surface area contributed by atoms with Gasteiger partial charge in [-0.1, -0.05) is 43.7 Å². The molecule has 1 heterocycles. The summed E-state index contributed by atoms with van der Waals surface area (Å²) < 4.78 is 0. The van der Waals surface area contributed by atoms with Crippen molar-refractivity contribution in [2.24, 2.45) is 0 Å². The minimum absolute atomic E-state index is 0.500. The summed E-state index contributed by atoms with van der Waals surface area (Å²) in [6.45, 7) is 6.46. The van der Waals surface area contributed by atoms with Crippen LogP contribution < -0.4 is 0 Å². The van der Waals surface area contributed by atoms with Crippen molar-refractivity contribution in [2.75, 3.05) is 0 Å². The van der Waals surface area contributed by atoms with E-state index >= 15 is 0 Å². The molecule has 78 valence electrons. The van der Waals surface area contributed by atoms with Crippen molar-refractivity contribution in [2.45, 2.75) is 26.7 Å². The molecule has 0 aliphatic heterocycles. The van der Waals surface area contributed by atoms with E-state index in [9.17, 15) is 0 Å². The van der Waals surface area contributed by atoms with Crippen LogP contribution >= 0.6 is 0 Å². The maximum absolute atomic E-state index is 4.31. The van der Waals surface area contributed by atoms with Gasteiger partial charge in [-0.3, -0.25) is 5.10 Å². The topological polar surface area (TPSA) is 28.7 Å². The minimum atomic E-state index is 0.500. The van der Waals surface area contributed by atoms with Crippen LogP contribution in [0.4, 0.5) is 0 Å². The van der Waals surface area contributed by atoms with Gasteiger partial charge in [0.25, 0.3) is 0 Å². The smallest absolute Gasteiger partial charge is 0.0955 e. The van der Waals surface area contributed by atoms with E-state index in [0.29, 0.717) is 5.92 Å². The van der Waals surface area contributed by atoms with E-state index in [1.165, 1.54) is 16.7 Å². The Morgan fingerprint density at radius 3 is 2.40 bits per heavy atom. The number of aromatic amines is 1. The van der Waals surface area contributed by atoms with Crippen LogP contribution in [-0.4, -0.2) is 10.2 Å². The molecular formula is C13H16N2. The molecule has 2 nitrogen and oxygen atoms in total. The largest absolute Gasteiger partial charge is 0.285 e. The van der Waals surface area contributed by atoms with Gasteiger partial charge in [-0.25, -0.2) is 0 Å². The Hall–Kier alpha value is -1.57. The van der Waals surface area contributed by atoms with E-state index in [1.807, 2.05) is 6.20 Å². The molecule has 0 saturated carbocycles. The van der Waals surface area contributed by atoms with Crippen molar-refractivity contribution in [1.82, 2.24) is 10.2 Å². The maximum Gasteiger partial charge on any atom is 0.0955 e. The molecule has 15 heavy (non-hydrogen) atoms. The zero-order valence-corrected chi connectivity index (χ0v) is 9.41. The zero-order valence-electron chi connectivity index (χ0n) is 9.41. The average Bonchev–Trinajstić information content (AvgIpc) is 2.67. The standard InChI is InChI=1S/C13H16N2/c1-9(2)12-8-14-15-13(12)11-6-4-10(3)5-7-11/h4-9H,1-3H3,(H,14,15). The first-order chi connectivity index (χ1) is 7.18. The van der Waals surface area contributed by atoms with Crippen LogP contribution in [0.1, 0.15) is 30.9 Å². The number of hydrogen-bond acceptors (Lipinski definition) is 1. The zero-order chi connectivity index (χ0) is 10.8. The first kappa shape index (κ1) is 9.97. The Morgan fingerprint density at radius 1 is 1.13 bits per heavy atom. The number of aryl methyl sites for hydroxylation is 1. The van der Waals surface area contributed by atoms with Gasteiger partial charge >= 0.3 is 0 Å². The van der Waals surface area contributed by atoms with Crippen LogP contribution in [-0.2, 0) is 0 Å². The quantitative estimate of drug-likeness (QED) is 0.789. The lowest BCUT2D eigenvalue weighted by molar-refractivity contribution is 0.870. The highest BCUT2D eigenvalue weighted by Crippen LogP contribution is 2.26. The lowest BCUT2D eigenvalue weighted by atomic mass is 9.99. The number of nitrogens with one attached hydrogen (secondary N) is 1. The number of aromatic nitrogens is 2. The van der Waals surface area contributed by atoms with E-state index in [1.54, 1.807) is 0 Å². The monoisotopic (exact) mass is 200 g/mol. The first-order valence-electron chi connectivity index (χ1n) is 5.29. The van der Waals surface area contributed by atoms with Gasteiger partial charge in [-0.15, -0.1) is 0 Å². The summed E-state index contributed by atoms with van der Waals surface area (Å²) in [5.41, 5.74) is 4.81. The predicted octanol–water partition coefficient (Wildman–Crippen LogP) is 3.51. The van der Waals surface area contributed by atoms with Gasteiger partial charge < -0.3 is 0 Å². The van der Waals surface area contributed by atoms with E-state index in [2.05, 4.69) is 55.2 Å². The first-order valence-corrected chi connectivity index (χ1v) is 5.29. The third kappa shape index (κ3) is 1.94. The lowest BCUT2D eigenvalue weighted by Gasteiger charge is -2.05. The summed E-state index contributed by atoms with van der Waals surface area (Å²) in [5, 5.41) is 7.26. The van der Waals surface area contributed by atoms with Gasteiger partial charge in [0.15, 0.2) is 0 Å². The van der Waals surface area contributed by atoms with Crippen molar-refractivity contribution < 1.29 is 0 Å². The van der Waals surface area contributed by atoms with Crippen LogP contribution in [0.5, 0.6) is 0 Å². The lowest BCUT2D eigenvalue weighted by Crippen LogP contribution is -1.89. The molecule has 0 radical (unpaired) electrons. The summed E-state index contributed by atoms with van der Waals surface area (Å²) >= 11 is 0. The predicted molar refractivity (Wildman–Crippen MR) is 62.8 cm³/mol. The summed E-state index contributed by atoms with van der Waals surface area (Å²) in [5.74, 6) is 0.500. The van der Waals surface area contributed by atoms with Crippen LogP contribution in [0, 0.1) is 6.92 Å². The van der Waals surface area contributed by atoms with Crippen LogP contribution in [0.25, 0.3) is 11.3 Å². The Balaban J connectivity index is 2.45. The molecule has 0 unspecified atom stereocenters. The summed E-state index contributed by atoms with van der Waals surface area (Å²) in [6.07, 6.45) is 1.99. The van der Waals surface area contributed by atoms with Crippen LogP contribution in [0.3, 0.4) is 0 Å². The molecule has 0 saturated heterocycles. The fraction of sp³-hybridized carbons (Fsp3) is 0.308. The number of nitrogens with zero attached hydrogens (tertiary/aromatic N) is 1. The second-order valence-corrected chi connectivity index (χ2v) is 4.21. The second kappa shape index (κ2) is 3.89. The maximum atomic E-state index is 4.31. The Morgan fingerprint density at radius 2 is 1.80 bits per heavy atom. The molecular weight excluding hydrogens is 184 g/mol. The summed E-state index contributed by atoms with van der Waals surface area (Å²) in [4.78, 5) is 0. The molecule has 0 bridgehead atoms. The molecule has 2 aromatic rings. The number of H-pyrrole nitrogens is 1. The third-order valence-electron chi connectivity index (χ3n) is 2.62. The molecule has 0 amide bonds. The second-order valence-electron chi connectivity index (χ2n) is 4.21. The number of hydrogen-bond donors (Lipinski definition) is 1. The normalized spacial score (nSPS) is 10.9. The molecule has 0 atom stereocenters. The fourth-order valence-corrected chi connectivity index (χ4v) is 1.68. The molecule has 0 spiro atoms. The van der Waals surface area contributed by atoms with Crippen molar-refractivity contribution in [1.29, 1.82) is 0 Å². The van der Waals surface area contributed by atoms with Crippen molar-refractivity contribution in [3.63, 3.8) is 0 Å². The van der Waals surface area contributed by atoms with E-state index in [-0.39, 0.29) is 0 Å². The van der Waals surface area contributed by atoms with Gasteiger partial charge in [-0.2, -0.15) is 5.10 Å². The molecule has 2 rings (SSSR count). The SMILES string of the molecule is Cc1ccc(-c2n[nH]cc2C(C)C)cc1. The molecule has 1 aromatic carbocycles.